The molecule has 1 aliphatic heterocycles. The number of nitrogens with zero attached hydrogens (tertiary/aromatic N) is 1. The minimum absolute atomic E-state index is 0.186. The molecule has 1 fully saturated rings. The molecule has 1 aliphatic carbocycles. The Morgan fingerprint density at radius 3 is 2.76 bits per heavy atom. The van der Waals surface area contributed by atoms with Crippen LogP contribution in [0.4, 0.5) is 9.18 Å². The Labute approximate surface area is 152 Å². The molecule has 3 amide bonds. The summed E-state index contributed by atoms with van der Waals surface area (Å²) in [5.74, 6) is -1.33. The Hall–Kier alpha value is -1.96. The predicted octanol–water partition coefficient (Wildman–Crippen LogP) is 2.95. The molecule has 2 aliphatic rings. The number of ether oxygens (including phenoxy) is 1. The van der Waals surface area contributed by atoms with E-state index in [0.717, 1.165) is 4.90 Å². The fraction of sp³-hybridized carbons (Fsp3) is 0.471. The third-order valence-electron chi connectivity index (χ3n) is 4.18. The summed E-state index contributed by atoms with van der Waals surface area (Å²) in [5, 5.41) is 2.58. The normalized spacial score (nSPS) is 25.3. The molecular formula is C17H18BrFN2O4. The van der Waals surface area contributed by atoms with E-state index in [9.17, 15) is 18.8 Å². The molecule has 0 bridgehead atoms. The highest BCUT2D eigenvalue weighted by Crippen LogP contribution is 2.48. The Kier molecular flexibility index (Phi) is 4.14. The minimum Gasteiger partial charge on any atom is -0.459 e. The van der Waals surface area contributed by atoms with Crippen molar-refractivity contribution in [2.45, 2.75) is 44.5 Å². The molecule has 1 aromatic rings. The van der Waals surface area contributed by atoms with E-state index in [4.69, 9.17) is 4.74 Å². The number of benzene rings is 1. The lowest BCUT2D eigenvalue weighted by molar-refractivity contribution is -0.157. The SMILES string of the molecule is CC(C)(C)OC(=O)CN1C(=O)NC2(C[C@@H](F)c3cc(Br)ccc32)C1=O. The van der Waals surface area contributed by atoms with Crippen molar-refractivity contribution in [3.8, 4) is 0 Å². The molecule has 3 rings (SSSR count). The molecule has 1 heterocycles. The fourth-order valence-electron chi connectivity index (χ4n) is 3.26. The molecule has 8 heteroatoms. The van der Waals surface area contributed by atoms with Crippen LogP contribution < -0.4 is 5.32 Å². The van der Waals surface area contributed by atoms with Crippen molar-refractivity contribution in [1.82, 2.24) is 10.2 Å². The number of imide groups is 1. The Morgan fingerprint density at radius 2 is 2.12 bits per heavy atom. The molecule has 2 atom stereocenters. The van der Waals surface area contributed by atoms with E-state index in [1.54, 1.807) is 39.0 Å². The first kappa shape index (κ1) is 17.8. The number of hydrogen-bond donors (Lipinski definition) is 1. The summed E-state index contributed by atoms with van der Waals surface area (Å²) >= 11 is 3.28. The number of urea groups is 1. The summed E-state index contributed by atoms with van der Waals surface area (Å²) < 4.78 is 20.3. The zero-order valence-corrected chi connectivity index (χ0v) is 15.6. The van der Waals surface area contributed by atoms with Crippen LogP contribution in [0.15, 0.2) is 22.7 Å². The van der Waals surface area contributed by atoms with E-state index >= 15 is 0 Å². The van der Waals surface area contributed by atoms with Gasteiger partial charge in [-0.15, -0.1) is 0 Å². The van der Waals surface area contributed by atoms with Crippen LogP contribution in [-0.2, 0) is 19.9 Å². The molecule has 1 N–H and O–H groups in total. The highest BCUT2D eigenvalue weighted by molar-refractivity contribution is 9.10. The van der Waals surface area contributed by atoms with Crippen LogP contribution in [0, 0.1) is 0 Å². The zero-order valence-electron chi connectivity index (χ0n) is 14.1. The highest BCUT2D eigenvalue weighted by Gasteiger charge is 2.58. The smallest absolute Gasteiger partial charge is 0.326 e. The lowest BCUT2D eigenvalue weighted by Crippen LogP contribution is -2.43. The zero-order chi connectivity index (χ0) is 18.6. The predicted molar refractivity (Wildman–Crippen MR) is 90.4 cm³/mol. The van der Waals surface area contributed by atoms with E-state index in [-0.39, 0.29) is 6.42 Å². The second-order valence-corrected chi connectivity index (χ2v) is 8.13. The first-order valence-electron chi connectivity index (χ1n) is 7.83. The van der Waals surface area contributed by atoms with Gasteiger partial charge in [0.15, 0.2) is 0 Å². The quantitative estimate of drug-likeness (QED) is 0.598. The van der Waals surface area contributed by atoms with Crippen molar-refractivity contribution in [2.75, 3.05) is 6.54 Å². The van der Waals surface area contributed by atoms with Crippen LogP contribution in [0.25, 0.3) is 0 Å². The van der Waals surface area contributed by atoms with Crippen LogP contribution in [0.1, 0.15) is 44.5 Å². The third-order valence-corrected chi connectivity index (χ3v) is 4.67. The number of carbonyl (C=O) groups is 3. The highest BCUT2D eigenvalue weighted by atomic mass is 79.9. The first-order chi connectivity index (χ1) is 11.5. The number of halogens is 2. The minimum atomic E-state index is -1.46. The molecule has 1 spiro atoms. The summed E-state index contributed by atoms with van der Waals surface area (Å²) in [6.07, 6.45) is -1.56. The maximum absolute atomic E-state index is 14.5. The summed E-state index contributed by atoms with van der Waals surface area (Å²) in [4.78, 5) is 38.0. The summed E-state index contributed by atoms with van der Waals surface area (Å²) in [6, 6.07) is 4.19. The van der Waals surface area contributed by atoms with Gasteiger partial charge in [-0.1, -0.05) is 22.0 Å². The van der Waals surface area contributed by atoms with Crippen molar-refractivity contribution >= 4 is 33.8 Å². The Bertz CT molecular complexity index is 776. The van der Waals surface area contributed by atoms with E-state index in [2.05, 4.69) is 21.2 Å². The summed E-state index contributed by atoms with van der Waals surface area (Å²) in [7, 11) is 0. The van der Waals surface area contributed by atoms with Crippen molar-refractivity contribution in [1.29, 1.82) is 0 Å². The molecule has 1 saturated heterocycles. The monoisotopic (exact) mass is 412 g/mol. The standard InChI is InChI=1S/C17H18BrFN2O4/c1-16(2,3)25-13(22)8-21-14(23)17(20-15(21)24)7-12(19)10-6-9(18)4-5-11(10)17/h4-6,12H,7-8H2,1-3H3,(H,20,24)/t12-,17?/m1/s1. The lowest BCUT2D eigenvalue weighted by atomic mass is 9.92. The lowest BCUT2D eigenvalue weighted by Gasteiger charge is -2.23. The molecular weight excluding hydrogens is 395 g/mol. The van der Waals surface area contributed by atoms with Crippen LogP contribution >= 0.6 is 15.9 Å². The van der Waals surface area contributed by atoms with Crippen LogP contribution in [0.5, 0.6) is 0 Å². The van der Waals surface area contributed by atoms with Gasteiger partial charge in [-0.05, 0) is 44.0 Å². The third kappa shape index (κ3) is 3.03. The average Bonchev–Trinajstić information content (AvgIpc) is 2.86. The van der Waals surface area contributed by atoms with Gasteiger partial charge in [-0.2, -0.15) is 0 Å². The van der Waals surface area contributed by atoms with Gasteiger partial charge in [-0.3, -0.25) is 14.5 Å². The van der Waals surface area contributed by atoms with Gasteiger partial charge in [-0.25, -0.2) is 9.18 Å². The van der Waals surface area contributed by atoms with Crippen molar-refractivity contribution < 1.29 is 23.5 Å². The van der Waals surface area contributed by atoms with Gasteiger partial charge < -0.3 is 10.1 Å². The number of hydrogen-bond acceptors (Lipinski definition) is 4. The molecule has 0 aromatic heterocycles. The van der Waals surface area contributed by atoms with Gasteiger partial charge in [0.25, 0.3) is 5.91 Å². The van der Waals surface area contributed by atoms with E-state index in [1.807, 2.05) is 0 Å². The van der Waals surface area contributed by atoms with Crippen LogP contribution in [0.2, 0.25) is 0 Å². The molecule has 1 aromatic carbocycles. The van der Waals surface area contributed by atoms with Gasteiger partial charge in [0.2, 0.25) is 0 Å². The molecule has 25 heavy (non-hydrogen) atoms. The number of nitrogens with one attached hydrogen (secondary N) is 1. The largest absolute Gasteiger partial charge is 0.459 e. The van der Waals surface area contributed by atoms with E-state index in [1.165, 1.54) is 0 Å². The second kappa shape index (κ2) is 5.79. The van der Waals surface area contributed by atoms with Crippen molar-refractivity contribution in [2.24, 2.45) is 0 Å². The van der Waals surface area contributed by atoms with Gasteiger partial charge >= 0.3 is 12.0 Å². The number of carbonyl (C=O) groups excluding carboxylic acids is 3. The number of esters is 1. The molecule has 0 radical (unpaired) electrons. The van der Waals surface area contributed by atoms with Gasteiger partial charge in [0, 0.05) is 10.9 Å². The maximum atomic E-state index is 14.5. The number of alkyl halides is 1. The molecule has 0 saturated carbocycles. The van der Waals surface area contributed by atoms with E-state index in [0.29, 0.717) is 15.6 Å². The fourth-order valence-corrected chi connectivity index (χ4v) is 3.64. The van der Waals surface area contributed by atoms with E-state index < -0.39 is 41.8 Å². The molecule has 6 nitrogen and oxygen atoms in total. The second-order valence-electron chi connectivity index (χ2n) is 7.22. The first-order valence-corrected chi connectivity index (χ1v) is 8.63. The Morgan fingerprint density at radius 1 is 1.44 bits per heavy atom. The van der Waals surface area contributed by atoms with Gasteiger partial charge in [0.05, 0.1) is 0 Å². The van der Waals surface area contributed by atoms with Gasteiger partial charge in [0.1, 0.15) is 23.9 Å². The topological polar surface area (TPSA) is 75.7 Å². The molecule has 134 valence electrons. The Balaban J connectivity index is 1.89. The maximum Gasteiger partial charge on any atom is 0.326 e. The van der Waals surface area contributed by atoms with Crippen molar-refractivity contribution in [3.63, 3.8) is 0 Å². The summed E-state index contributed by atoms with van der Waals surface area (Å²) in [5.41, 5.74) is -1.41. The van der Waals surface area contributed by atoms with Crippen LogP contribution in [-0.4, -0.2) is 35.0 Å². The number of amides is 3. The average molecular weight is 413 g/mol. The number of fused-ring (bicyclic) bond motifs is 2. The van der Waals surface area contributed by atoms with Crippen molar-refractivity contribution in [3.05, 3.63) is 33.8 Å². The summed E-state index contributed by atoms with van der Waals surface area (Å²) in [6.45, 7) is 4.57. The van der Waals surface area contributed by atoms with Crippen LogP contribution in [0.3, 0.4) is 0 Å². The number of rotatable bonds is 2. The molecule has 1 unspecified atom stereocenters.